The Labute approximate surface area is 137 Å². The van der Waals surface area contributed by atoms with Gasteiger partial charge < -0.3 is 18.9 Å². The largest absolute Gasteiger partial charge is 0.519 e. The fraction of sp³-hybridized carbons (Fsp3) is 0.118. The van der Waals surface area contributed by atoms with Crippen LogP contribution in [-0.4, -0.2) is 32.9 Å². The molecule has 0 fully saturated rings. The van der Waals surface area contributed by atoms with E-state index < -0.39 is 6.16 Å². The van der Waals surface area contributed by atoms with Gasteiger partial charge in [-0.2, -0.15) is 0 Å². The number of ether oxygens (including phenoxy) is 4. The lowest BCUT2D eigenvalue weighted by atomic mass is 10.2. The molecular weight excluding hydrogens is 316 g/mol. The van der Waals surface area contributed by atoms with Crippen LogP contribution in [0.25, 0.3) is 0 Å². The Kier molecular flexibility index (Phi) is 5.51. The third-order valence-corrected chi connectivity index (χ3v) is 3.08. The Hall–Kier alpha value is -3.35. The summed E-state index contributed by atoms with van der Waals surface area (Å²) in [6.45, 7) is 0. The van der Waals surface area contributed by atoms with Crippen molar-refractivity contribution in [2.45, 2.75) is 0 Å². The average Bonchev–Trinajstić information content (AvgIpc) is 2.61. The number of carbonyl (C=O) groups excluding carboxylic acids is 3. The molecule has 0 radical (unpaired) electrons. The van der Waals surface area contributed by atoms with Crippen LogP contribution in [0.3, 0.4) is 0 Å². The summed E-state index contributed by atoms with van der Waals surface area (Å²) in [5.74, 6) is 0.212. The van der Waals surface area contributed by atoms with Gasteiger partial charge in [0.2, 0.25) is 0 Å². The summed E-state index contributed by atoms with van der Waals surface area (Å²) >= 11 is 0. The van der Waals surface area contributed by atoms with E-state index >= 15 is 0 Å². The van der Waals surface area contributed by atoms with Gasteiger partial charge in [0.05, 0.1) is 25.3 Å². The predicted molar refractivity (Wildman–Crippen MR) is 83.4 cm³/mol. The number of methoxy groups -OCH3 is 2. The number of aldehydes is 2. The van der Waals surface area contributed by atoms with E-state index in [9.17, 15) is 14.4 Å². The number of para-hydroxylation sites is 2. The summed E-state index contributed by atoms with van der Waals surface area (Å²) in [6, 6.07) is 9.11. The van der Waals surface area contributed by atoms with E-state index in [-0.39, 0.29) is 34.1 Å². The van der Waals surface area contributed by atoms with Gasteiger partial charge in [0.15, 0.2) is 35.6 Å². The standard InChI is InChI=1S/C17H14O7/c1-21-13-7-3-5-11(9-18)15(13)23-17(20)24-16-12(10-19)6-4-8-14(16)22-2/h3-10H,1-2H3. The van der Waals surface area contributed by atoms with Crippen LogP contribution in [0.1, 0.15) is 20.7 Å². The van der Waals surface area contributed by atoms with Crippen molar-refractivity contribution in [3.8, 4) is 23.0 Å². The lowest BCUT2D eigenvalue weighted by molar-refractivity contribution is 0.111. The minimum atomic E-state index is -1.14. The third-order valence-electron chi connectivity index (χ3n) is 3.08. The summed E-state index contributed by atoms with van der Waals surface area (Å²) in [5.41, 5.74) is 0.226. The molecule has 2 aromatic carbocycles. The van der Waals surface area contributed by atoms with Gasteiger partial charge >= 0.3 is 6.16 Å². The van der Waals surface area contributed by atoms with E-state index in [4.69, 9.17) is 18.9 Å². The summed E-state index contributed by atoms with van der Waals surface area (Å²) in [5, 5.41) is 0. The number of carbonyl (C=O) groups is 3. The number of hydrogen-bond donors (Lipinski definition) is 0. The molecule has 0 aromatic heterocycles. The molecule has 0 saturated heterocycles. The molecule has 0 N–H and O–H groups in total. The summed E-state index contributed by atoms with van der Waals surface area (Å²) in [6.07, 6.45) is -0.105. The van der Waals surface area contributed by atoms with Crippen LogP contribution in [0.2, 0.25) is 0 Å². The quantitative estimate of drug-likeness (QED) is 0.457. The van der Waals surface area contributed by atoms with Crippen LogP contribution < -0.4 is 18.9 Å². The zero-order chi connectivity index (χ0) is 17.5. The summed E-state index contributed by atoms with van der Waals surface area (Å²) in [4.78, 5) is 34.2. The maximum Gasteiger partial charge on any atom is 0.519 e. The minimum absolute atomic E-state index is 0.0810. The molecule has 0 unspecified atom stereocenters. The highest BCUT2D eigenvalue weighted by atomic mass is 16.7. The molecule has 0 atom stereocenters. The Bertz CT molecular complexity index is 704. The van der Waals surface area contributed by atoms with Gasteiger partial charge in [0.25, 0.3) is 0 Å². The number of benzene rings is 2. The number of rotatable bonds is 6. The van der Waals surface area contributed by atoms with Gasteiger partial charge in [-0.15, -0.1) is 0 Å². The maximum absolute atomic E-state index is 12.1. The van der Waals surface area contributed by atoms with Gasteiger partial charge in [0.1, 0.15) is 0 Å². The Morgan fingerprint density at radius 3 is 1.54 bits per heavy atom. The monoisotopic (exact) mass is 330 g/mol. The highest BCUT2D eigenvalue weighted by Gasteiger charge is 2.19. The lowest BCUT2D eigenvalue weighted by Gasteiger charge is -2.13. The fourth-order valence-corrected chi connectivity index (χ4v) is 1.98. The van der Waals surface area contributed by atoms with Crippen molar-refractivity contribution in [1.29, 1.82) is 0 Å². The van der Waals surface area contributed by atoms with E-state index in [1.54, 1.807) is 12.1 Å². The van der Waals surface area contributed by atoms with Crippen molar-refractivity contribution >= 4 is 18.7 Å². The molecule has 0 bridgehead atoms. The van der Waals surface area contributed by atoms with Crippen LogP contribution >= 0.6 is 0 Å². The highest BCUT2D eigenvalue weighted by Crippen LogP contribution is 2.33. The smallest absolute Gasteiger partial charge is 0.493 e. The molecule has 124 valence electrons. The molecule has 0 aliphatic rings. The van der Waals surface area contributed by atoms with Gasteiger partial charge in [-0.3, -0.25) is 9.59 Å². The van der Waals surface area contributed by atoms with E-state index in [1.165, 1.54) is 38.5 Å². The van der Waals surface area contributed by atoms with E-state index in [0.29, 0.717) is 12.6 Å². The Balaban J connectivity index is 2.30. The Morgan fingerprint density at radius 1 is 0.792 bits per heavy atom. The molecule has 7 nitrogen and oxygen atoms in total. The average molecular weight is 330 g/mol. The van der Waals surface area contributed by atoms with Gasteiger partial charge in [-0.25, -0.2) is 4.79 Å². The number of hydrogen-bond acceptors (Lipinski definition) is 7. The SMILES string of the molecule is COc1cccc(C=O)c1OC(=O)Oc1c(C=O)cccc1OC. The van der Waals surface area contributed by atoms with Crippen LogP contribution in [-0.2, 0) is 0 Å². The van der Waals surface area contributed by atoms with E-state index in [0.717, 1.165) is 0 Å². The van der Waals surface area contributed by atoms with Crippen molar-refractivity contribution in [2.24, 2.45) is 0 Å². The molecule has 7 heteroatoms. The topological polar surface area (TPSA) is 88.1 Å². The van der Waals surface area contributed by atoms with Crippen molar-refractivity contribution < 1.29 is 33.3 Å². The highest BCUT2D eigenvalue weighted by molar-refractivity contribution is 5.85. The Morgan fingerprint density at radius 2 is 1.21 bits per heavy atom. The first kappa shape index (κ1) is 17.0. The first-order chi connectivity index (χ1) is 11.6. The van der Waals surface area contributed by atoms with Crippen LogP contribution in [0.5, 0.6) is 23.0 Å². The first-order valence-corrected chi connectivity index (χ1v) is 6.78. The second-order valence-electron chi connectivity index (χ2n) is 4.45. The normalized spacial score (nSPS) is 9.75. The van der Waals surface area contributed by atoms with Gasteiger partial charge in [-0.1, -0.05) is 12.1 Å². The van der Waals surface area contributed by atoms with Crippen molar-refractivity contribution in [1.82, 2.24) is 0 Å². The summed E-state index contributed by atoms with van der Waals surface area (Å²) in [7, 11) is 2.74. The molecule has 0 spiro atoms. The lowest BCUT2D eigenvalue weighted by Crippen LogP contribution is -2.16. The van der Waals surface area contributed by atoms with Crippen molar-refractivity contribution in [2.75, 3.05) is 14.2 Å². The second kappa shape index (κ2) is 7.77. The van der Waals surface area contributed by atoms with Crippen LogP contribution in [0.15, 0.2) is 36.4 Å². The van der Waals surface area contributed by atoms with Gasteiger partial charge in [-0.05, 0) is 24.3 Å². The minimum Gasteiger partial charge on any atom is -0.493 e. The van der Waals surface area contributed by atoms with Crippen LogP contribution in [0, 0.1) is 0 Å². The fourth-order valence-electron chi connectivity index (χ4n) is 1.98. The van der Waals surface area contributed by atoms with Crippen molar-refractivity contribution in [3.05, 3.63) is 47.5 Å². The molecule has 0 heterocycles. The second-order valence-corrected chi connectivity index (χ2v) is 4.45. The third kappa shape index (κ3) is 3.52. The predicted octanol–water partition coefficient (Wildman–Crippen LogP) is 2.91. The molecule has 0 aliphatic carbocycles. The van der Waals surface area contributed by atoms with E-state index in [1.807, 2.05) is 0 Å². The molecule has 0 saturated carbocycles. The summed E-state index contributed by atoms with van der Waals surface area (Å²) < 4.78 is 20.3. The van der Waals surface area contributed by atoms with Crippen LogP contribution in [0.4, 0.5) is 4.79 Å². The van der Waals surface area contributed by atoms with E-state index in [2.05, 4.69) is 0 Å². The molecule has 2 rings (SSSR count). The zero-order valence-corrected chi connectivity index (χ0v) is 13.0. The first-order valence-electron chi connectivity index (χ1n) is 6.78. The molecular formula is C17H14O7. The molecule has 24 heavy (non-hydrogen) atoms. The molecule has 2 aromatic rings. The molecule has 0 amide bonds. The van der Waals surface area contributed by atoms with Crippen molar-refractivity contribution in [3.63, 3.8) is 0 Å². The molecule has 0 aliphatic heterocycles. The maximum atomic E-state index is 12.1. The van der Waals surface area contributed by atoms with Gasteiger partial charge in [0, 0.05) is 0 Å². The zero-order valence-electron chi connectivity index (χ0n) is 13.0.